The number of hydrogen-bond donors (Lipinski definition) is 2. The van der Waals surface area contributed by atoms with Gasteiger partial charge in [0.2, 0.25) is 0 Å². The molecule has 3 atom stereocenters. The number of phenols is 2. The van der Waals surface area contributed by atoms with E-state index in [1.165, 1.54) is 25.9 Å². The van der Waals surface area contributed by atoms with Gasteiger partial charge in [-0.05, 0) is 78.9 Å². The first-order valence-corrected chi connectivity index (χ1v) is 11.8. The van der Waals surface area contributed by atoms with Crippen LogP contribution in [0, 0.1) is 0 Å². The van der Waals surface area contributed by atoms with Crippen LogP contribution in [0.15, 0.2) is 66.7 Å². The molecule has 0 aliphatic carbocycles. The maximum Gasteiger partial charge on any atom is 0.131 e. The Morgan fingerprint density at radius 1 is 0.879 bits per heavy atom. The number of likely N-dealkylation sites (tertiary alicyclic amines) is 1. The minimum absolute atomic E-state index is 0.0598. The first-order chi connectivity index (χ1) is 16.1. The Morgan fingerprint density at radius 3 is 2.27 bits per heavy atom. The highest BCUT2D eigenvalue weighted by Gasteiger charge is 2.38. The maximum absolute atomic E-state index is 10.0. The molecule has 0 unspecified atom stereocenters. The summed E-state index contributed by atoms with van der Waals surface area (Å²) in [5.41, 5.74) is 3.24. The van der Waals surface area contributed by atoms with Crippen LogP contribution in [0.2, 0.25) is 0 Å². The van der Waals surface area contributed by atoms with Crippen molar-refractivity contribution in [1.29, 1.82) is 0 Å². The summed E-state index contributed by atoms with van der Waals surface area (Å²) in [5, 5.41) is 19.8. The highest BCUT2D eigenvalue weighted by Crippen LogP contribution is 2.51. The molecule has 0 spiro atoms. The normalized spacial score (nSPS) is 22.5. The van der Waals surface area contributed by atoms with Gasteiger partial charge in [0, 0.05) is 18.5 Å². The van der Waals surface area contributed by atoms with Crippen LogP contribution < -0.4 is 9.47 Å². The second-order valence-electron chi connectivity index (χ2n) is 9.13. The lowest BCUT2D eigenvalue weighted by Gasteiger charge is -2.39. The Morgan fingerprint density at radius 2 is 1.55 bits per heavy atom. The van der Waals surface area contributed by atoms with Crippen LogP contribution in [0.3, 0.4) is 0 Å². The highest BCUT2D eigenvalue weighted by atomic mass is 16.5. The minimum Gasteiger partial charge on any atom is -0.508 e. The molecule has 2 N–H and O–H groups in total. The van der Waals surface area contributed by atoms with Crippen molar-refractivity contribution in [3.8, 4) is 23.0 Å². The second-order valence-corrected chi connectivity index (χ2v) is 9.13. The molecule has 2 aliphatic heterocycles. The first kappa shape index (κ1) is 21.7. The molecule has 33 heavy (non-hydrogen) atoms. The average Bonchev–Trinajstić information content (AvgIpc) is 3.34. The van der Waals surface area contributed by atoms with E-state index in [0.29, 0.717) is 12.4 Å². The van der Waals surface area contributed by atoms with E-state index < -0.39 is 0 Å². The van der Waals surface area contributed by atoms with Gasteiger partial charge >= 0.3 is 0 Å². The summed E-state index contributed by atoms with van der Waals surface area (Å²) in [5.74, 6) is 2.25. The Bertz CT molecular complexity index is 1070. The summed E-state index contributed by atoms with van der Waals surface area (Å²) in [4.78, 5) is 2.45. The molecule has 0 saturated carbocycles. The average molecular weight is 446 g/mol. The van der Waals surface area contributed by atoms with Gasteiger partial charge in [-0.25, -0.2) is 0 Å². The molecule has 2 heterocycles. The van der Waals surface area contributed by atoms with Crippen LogP contribution in [-0.4, -0.2) is 41.4 Å². The zero-order chi connectivity index (χ0) is 22.8. The van der Waals surface area contributed by atoms with E-state index in [1.807, 2.05) is 30.3 Å². The molecule has 3 aromatic rings. The van der Waals surface area contributed by atoms with E-state index in [0.717, 1.165) is 29.0 Å². The predicted octanol–water partition coefficient (Wildman–Crippen LogP) is 5.59. The SMILES string of the molecule is C[C@H]1c2ccc(O)cc2O[C@@H](c2ccc(OCCN3CCCC3)cc2)[C@@H]1c1ccc(O)cc1. The van der Waals surface area contributed by atoms with Gasteiger partial charge in [0.25, 0.3) is 0 Å². The molecule has 1 fully saturated rings. The van der Waals surface area contributed by atoms with Crippen LogP contribution in [0.4, 0.5) is 0 Å². The fraction of sp³-hybridized carbons (Fsp3) is 0.357. The van der Waals surface area contributed by atoms with E-state index >= 15 is 0 Å². The molecule has 0 radical (unpaired) electrons. The molecule has 172 valence electrons. The van der Waals surface area contributed by atoms with Crippen molar-refractivity contribution in [2.75, 3.05) is 26.2 Å². The van der Waals surface area contributed by atoms with Gasteiger partial charge in [0.15, 0.2) is 0 Å². The molecule has 0 aromatic heterocycles. The summed E-state index contributed by atoms with van der Waals surface area (Å²) in [6.07, 6.45) is 2.35. The smallest absolute Gasteiger partial charge is 0.131 e. The van der Waals surface area contributed by atoms with Crippen LogP contribution in [0.25, 0.3) is 0 Å². The molecule has 1 saturated heterocycles. The second kappa shape index (κ2) is 9.36. The van der Waals surface area contributed by atoms with Gasteiger partial charge < -0.3 is 19.7 Å². The van der Waals surface area contributed by atoms with E-state index in [1.54, 1.807) is 24.3 Å². The zero-order valence-corrected chi connectivity index (χ0v) is 19.0. The van der Waals surface area contributed by atoms with E-state index in [-0.39, 0.29) is 29.4 Å². The quantitative estimate of drug-likeness (QED) is 0.518. The molecule has 5 rings (SSSR count). The predicted molar refractivity (Wildman–Crippen MR) is 128 cm³/mol. The number of aromatic hydroxyl groups is 2. The van der Waals surface area contributed by atoms with Crippen molar-refractivity contribution < 1.29 is 19.7 Å². The molecular weight excluding hydrogens is 414 g/mol. The summed E-state index contributed by atoms with van der Waals surface area (Å²) >= 11 is 0. The van der Waals surface area contributed by atoms with Gasteiger partial charge in [-0.1, -0.05) is 37.3 Å². The molecule has 5 nitrogen and oxygen atoms in total. The van der Waals surface area contributed by atoms with Gasteiger partial charge in [-0.3, -0.25) is 4.90 Å². The van der Waals surface area contributed by atoms with Crippen LogP contribution >= 0.6 is 0 Å². The van der Waals surface area contributed by atoms with Gasteiger partial charge in [0.05, 0.1) is 0 Å². The number of hydrogen-bond acceptors (Lipinski definition) is 5. The zero-order valence-electron chi connectivity index (χ0n) is 19.0. The summed E-state index contributed by atoms with van der Waals surface area (Å²) < 4.78 is 12.5. The molecule has 0 bridgehead atoms. The van der Waals surface area contributed by atoms with Crippen LogP contribution in [0.1, 0.15) is 54.4 Å². The molecule has 2 aliphatic rings. The van der Waals surface area contributed by atoms with Crippen LogP contribution in [-0.2, 0) is 0 Å². The number of nitrogens with zero attached hydrogens (tertiary/aromatic N) is 1. The summed E-state index contributed by atoms with van der Waals surface area (Å²) in [6.45, 7) is 6.20. The maximum atomic E-state index is 10.0. The molecular formula is C28H31NO4. The fourth-order valence-corrected chi connectivity index (χ4v) is 5.15. The minimum atomic E-state index is -0.225. The van der Waals surface area contributed by atoms with Gasteiger partial charge in [-0.2, -0.15) is 0 Å². The van der Waals surface area contributed by atoms with Crippen molar-refractivity contribution in [2.24, 2.45) is 0 Å². The number of benzene rings is 3. The lowest BCUT2D eigenvalue weighted by atomic mass is 9.75. The van der Waals surface area contributed by atoms with E-state index in [4.69, 9.17) is 9.47 Å². The first-order valence-electron chi connectivity index (χ1n) is 11.8. The Labute approximate surface area is 195 Å². The van der Waals surface area contributed by atoms with Crippen LogP contribution in [0.5, 0.6) is 23.0 Å². The molecule has 0 amide bonds. The third kappa shape index (κ3) is 4.64. The van der Waals surface area contributed by atoms with Crippen molar-refractivity contribution in [3.63, 3.8) is 0 Å². The largest absolute Gasteiger partial charge is 0.508 e. The Hall–Kier alpha value is -3.18. The summed E-state index contributed by atoms with van der Waals surface area (Å²) in [7, 11) is 0. The van der Waals surface area contributed by atoms with E-state index in [2.05, 4.69) is 24.0 Å². The van der Waals surface area contributed by atoms with Gasteiger partial charge in [0.1, 0.15) is 35.7 Å². The monoisotopic (exact) mass is 445 g/mol. The van der Waals surface area contributed by atoms with Gasteiger partial charge in [-0.15, -0.1) is 0 Å². The van der Waals surface area contributed by atoms with Crippen molar-refractivity contribution >= 4 is 0 Å². The third-order valence-corrected chi connectivity index (χ3v) is 6.97. The van der Waals surface area contributed by atoms with Crippen molar-refractivity contribution in [1.82, 2.24) is 4.90 Å². The van der Waals surface area contributed by atoms with Crippen molar-refractivity contribution in [3.05, 3.63) is 83.4 Å². The number of rotatable bonds is 6. The van der Waals surface area contributed by atoms with Crippen molar-refractivity contribution in [2.45, 2.75) is 37.7 Å². The number of fused-ring (bicyclic) bond motifs is 1. The molecule has 3 aromatic carbocycles. The molecule has 5 heteroatoms. The topological polar surface area (TPSA) is 62.2 Å². The number of ether oxygens (including phenoxy) is 2. The number of phenolic OH excluding ortho intramolecular Hbond substituents is 2. The summed E-state index contributed by atoms with van der Waals surface area (Å²) in [6, 6.07) is 20.9. The Balaban J connectivity index is 1.39. The lowest BCUT2D eigenvalue weighted by molar-refractivity contribution is 0.136. The fourth-order valence-electron chi connectivity index (χ4n) is 5.15. The standard InChI is InChI=1S/C28H31NO4/c1-19-25-13-10-23(31)18-26(25)33-28(27(19)20-4-8-22(30)9-5-20)21-6-11-24(12-7-21)32-17-16-29-14-2-3-15-29/h4-13,18-19,27-28,30-31H,2-3,14-17H2,1H3/t19-,27-,28-/m0/s1. The lowest BCUT2D eigenvalue weighted by Crippen LogP contribution is -2.27. The van der Waals surface area contributed by atoms with E-state index in [9.17, 15) is 10.2 Å². The Kier molecular flexibility index (Phi) is 6.14. The highest BCUT2D eigenvalue weighted by molar-refractivity contribution is 5.48. The third-order valence-electron chi connectivity index (χ3n) is 6.97.